The number of amides is 1. The van der Waals surface area contributed by atoms with Crippen LogP contribution < -0.4 is 5.32 Å². The Bertz CT molecular complexity index is 919. The Kier molecular flexibility index (Phi) is 5.27. The van der Waals surface area contributed by atoms with Crippen LogP contribution in [0.3, 0.4) is 0 Å². The Morgan fingerprint density at radius 1 is 1.15 bits per heavy atom. The maximum Gasteiger partial charge on any atom is 0.237 e. The van der Waals surface area contributed by atoms with Gasteiger partial charge in [-0.05, 0) is 44.0 Å². The molecule has 2 aromatic carbocycles. The van der Waals surface area contributed by atoms with Crippen LogP contribution in [-0.4, -0.2) is 31.4 Å². The molecule has 3 aromatic rings. The van der Waals surface area contributed by atoms with Gasteiger partial charge in [0.15, 0.2) is 5.82 Å². The molecule has 0 aliphatic carbocycles. The van der Waals surface area contributed by atoms with Gasteiger partial charge < -0.3 is 10.4 Å². The highest BCUT2D eigenvalue weighted by molar-refractivity contribution is 8.00. The number of phenols is 1. The van der Waals surface area contributed by atoms with Crippen molar-refractivity contribution in [2.24, 2.45) is 0 Å². The number of aromatic amines is 1. The lowest BCUT2D eigenvalue weighted by molar-refractivity contribution is -0.115. The fourth-order valence-electron chi connectivity index (χ4n) is 2.54. The van der Waals surface area contributed by atoms with E-state index in [1.807, 2.05) is 45.0 Å². The lowest BCUT2D eigenvalue weighted by Crippen LogP contribution is -2.23. The molecule has 0 aliphatic heterocycles. The predicted octanol–water partition coefficient (Wildman–Crippen LogP) is 3.91. The number of nitrogens with zero attached hydrogens (tertiary/aromatic N) is 2. The Hall–Kier alpha value is -2.80. The number of aromatic nitrogens is 3. The molecular formula is C19H20N4O2S. The molecule has 134 valence electrons. The van der Waals surface area contributed by atoms with Crippen LogP contribution in [0, 0.1) is 13.8 Å². The number of phenolic OH excluding ortho intramolecular Hbond substituents is 1. The van der Waals surface area contributed by atoms with Crippen LogP contribution in [0.4, 0.5) is 5.69 Å². The van der Waals surface area contributed by atoms with E-state index in [9.17, 15) is 9.90 Å². The van der Waals surface area contributed by atoms with Gasteiger partial charge in [0.2, 0.25) is 11.1 Å². The molecule has 0 aliphatic rings. The summed E-state index contributed by atoms with van der Waals surface area (Å²) in [5.41, 5.74) is 3.46. The average Bonchev–Trinajstić information content (AvgIpc) is 3.06. The van der Waals surface area contributed by atoms with Crippen LogP contribution in [-0.2, 0) is 4.79 Å². The van der Waals surface area contributed by atoms with E-state index in [1.165, 1.54) is 11.8 Å². The first-order valence-corrected chi connectivity index (χ1v) is 9.08. The standard InChI is InChI=1S/C19H20N4O2S/c1-11-7-6-8-12(2)16(11)20-18(25)13(3)26-19-21-17(22-23-19)14-9-4-5-10-15(14)24/h4-10,13,24H,1-3H3,(H,20,25)(H,21,22,23). The summed E-state index contributed by atoms with van der Waals surface area (Å²) < 4.78 is 0. The van der Waals surface area contributed by atoms with Crippen molar-refractivity contribution in [2.75, 3.05) is 5.32 Å². The van der Waals surface area contributed by atoms with Crippen molar-refractivity contribution in [1.29, 1.82) is 0 Å². The number of para-hydroxylation sites is 2. The van der Waals surface area contributed by atoms with E-state index < -0.39 is 0 Å². The fourth-order valence-corrected chi connectivity index (χ4v) is 3.27. The second-order valence-corrected chi connectivity index (χ2v) is 7.31. The van der Waals surface area contributed by atoms with Crippen LogP contribution in [0.25, 0.3) is 11.4 Å². The summed E-state index contributed by atoms with van der Waals surface area (Å²) >= 11 is 1.26. The zero-order valence-electron chi connectivity index (χ0n) is 14.8. The van der Waals surface area contributed by atoms with E-state index in [-0.39, 0.29) is 16.9 Å². The summed E-state index contributed by atoms with van der Waals surface area (Å²) in [5.74, 6) is 0.482. The number of benzene rings is 2. The zero-order chi connectivity index (χ0) is 18.7. The van der Waals surface area contributed by atoms with Crippen LogP contribution in [0.2, 0.25) is 0 Å². The Morgan fingerprint density at radius 2 is 1.85 bits per heavy atom. The SMILES string of the molecule is Cc1cccc(C)c1NC(=O)C(C)Sc1n[nH]c(-c2ccccc2O)n1. The molecule has 1 aromatic heterocycles. The number of hydrogen-bond donors (Lipinski definition) is 3. The zero-order valence-corrected chi connectivity index (χ0v) is 15.6. The third-order valence-electron chi connectivity index (χ3n) is 4.00. The van der Waals surface area contributed by atoms with Crippen molar-refractivity contribution in [1.82, 2.24) is 15.2 Å². The van der Waals surface area contributed by atoms with Gasteiger partial charge in [-0.3, -0.25) is 9.89 Å². The smallest absolute Gasteiger partial charge is 0.237 e. The molecule has 3 rings (SSSR count). The van der Waals surface area contributed by atoms with Gasteiger partial charge in [-0.25, -0.2) is 4.98 Å². The van der Waals surface area contributed by atoms with Crippen LogP contribution in [0.5, 0.6) is 5.75 Å². The number of hydrogen-bond acceptors (Lipinski definition) is 5. The van der Waals surface area contributed by atoms with Crippen LogP contribution >= 0.6 is 11.8 Å². The van der Waals surface area contributed by atoms with Gasteiger partial charge in [-0.15, -0.1) is 5.10 Å². The highest BCUT2D eigenvalue weighted by atomic mass is 32.2. The number of H-pyrrole nitrogens is 1. The van der Waals surface area contributed by atoms with E-state index >= 15 is 0 Å². The van der Waals surface area contributed by atoms with Crippen LogP contribution in [0.1, 0.15) is 18.1 Å². The van der Waals surface area contributed by atoms with Crippen molar-refractivity contribution in [3.63, 3.8) is 0 Å². The third-order valence-corrected chi connectivity index (χ3v) is 4.97. The normalized spacial score (nSPS) is 12.0. The summed E-state index contributed by atoms with van der Waals surface area (Å²) in [6, 6.07) is 12.8. The molecule has 1 unspecified atom stereocenters. The first kappa shape index (κ1) is 18.0. The maximum absolute atomic E-state index is 12.5. The Balaban J connectivity index is 1.69. The summed E-state index contributed by atoms with van der Waals surface area (Å²) in [6.07, 6.45) is 0. The largest absolute Gasteiger partial charge is 0.507 e. The monoisotopic (exact) mass is 368 g/mol. The molecule has 3 N–H and O–H groups in total. The molecule has 26 heavy (non-hydrogen) atoms. The number of carbonyl (C=O) groups is 1. The molecule has 1 amide bonds. The molecule has 7 heteroatoms. The molecular weight excluding hydrogens is 348 g/mol. The van der Waals surface area contributed by atoms with Gasteiger partial charge in [0.1, 0.15) is 5.75 Å². The highest BCUT2D eigenvalue weighted by Crippen LogP contribution is 2.28. The highest BCUT2D eigenvalue weighted by Gasteiger charge is 2.19. The minimum atomic E-state index is -0.373. The van der Waals surface area contributed by atoms with E-state index in [2.05, 4.69) is 20.5 Å². The summed E-state index contributed by atoms with van der Waals surface area (Å²) in [6.45, 7) is 5.74. The second-order valence-electron chi connectivity index (χ2n) is 6.00. The average molecular weight is 368 g/mol. The molecule has 0 radical (unpaired) electrons. The summed E-state index contributed by atoms with van der Waals surface area (Å²) in [4.78, 5) is 16.9. The van der Waals surface area contributed by atoms with E-state index in [1.54, 1.807) is 18.2 Å². The second kappa shape index (κ2) is 7.61. The molecule has 0 saturated heterocycles. The van der Waals surface area contributed by atoms with Gasteiger partial charge in [0.05, 0.1) is 10.8 Å². The van der Waals surface area contributed by atoms with Crippen molar-refractivity contribution >= 4 is 23.4 Å². The summed E-state index contributed by atoms with van der Waals surface area (Å²) in [7, 11) is 0. The van der Waals surface area contributed by atoms with Crippen molar-refractivity contribution < 1.29 is 9.90 Å². The van der Waals surface area contributed by atoms with Gasteiger partial charge in [0.25, 0.3) is 0 Å². The van der Waals surface area contributed by atoms with E-state index in [0.29, 0.717) is 16.5 Å². The number of rotatable bonds is 5. The topological polar surface area (TPSA) is 90.9 Å². The number of anilines is 1. The minimum absolute atomic E-state index is 0.110. The number of carbonyl (C=O) groups excluding carboxylic acids is 1. The molecule has 1 heterocycles. The van der Waals surface area contributed by atoms with E-state index in [4.69, 9.17) is 0 Å². The lowest BCUT2D eigenvalue weighted by atomic mass is 10.1. The van der Waals surface area contributed by atoms with Gasteiger partial charge >= 0.3 is 0 Å². The Labute approximate surface area is 156 Å². The van der Waals surface area contributed by atoms with Crippen molar-refractivity contribution in [3.05, 3.63) is 53.6 Å². The molecule has 0 spiro atoms. The van der Waals surface area contributed by atoms with Crippen LogP contribution in [0.15, 0.2) is 47.6 Å². The minimum Gasteiger partial charge on any atom is -0.507 e. The molecule has 1 atom stereocenters. The van der Waals surface area contributed by atoms with Gasteiger partial charge in [-0.2, -0.15) is 0 Å². The van der Waals surface area contributed by atoms with Gasteiger partial charge in [-0.1, -0.05) is 42.1 Å². The first-order valence-electron chi connectivity index (χ1n) is 8.20. The fraction of sp³-hybridized carbons (Fsp3) is 0.211. The van der Waals surface area contributed by atoms with Crippen molar-refractivity contribution in [3.8, 4) is 17.1 Å². The molecule has 0 saturated carbocycles. The summed E-state index contributed by atoms with van der Waals surface area (Å²) in [5, 5.41) is 19.9. The molecule has 6 nitrogen and oxygen atoms in total. The van der Waals surface area contributed by atoms with E-state index in [0.717, 1.165) is 16.8 Å². The number of aryl methyl sites for hydroxylation is 2. The number of nitrogens with one attached hydrogen (secondary N) is 2. The molecule has 0 fully saturated rings. The lowest BCUT2D eigenvalue weighted by Gasteiger charge is -2.14. The predicted molar refractivity (Wildman–Crippen MR) is 103 cm³/mol. The number of thioether (sulfide) groups is 1. The quantitative estimate of drug-likeness (QED) is 0.594. The van der Waals surface area contributed by atoms with Crippen molar-refractivity contribution in [2.45, 2.75) is 31.2 Å². The maximum atomic E-state index is 12.5. The van der Waals surface area contributed by atoms with Gasteiger partial charge in [0, 0.05) is 5.69 Å². The third kappa shape index (κ3) is 3.88. The first-order chi connectivity index (χ1) is 12.5. The Morgan fingerprint density at radius 3 is 2.54 bits per heavy atom. The molecule has 0 bridgehead atoms. The number of aromatic hydroxyl groups is 1.